The minimum atomic E-state index is 0.918. The fourth-order valence-electron chi connectivity index (χ4n) is 3.89. The molecule has 2 rings (SSSR count). The van der Waals surface area contributed by atoms with Crippen LogP contribution in [-0.2, 0) is 13.1 Å². The second kappa shape index (κ2) is 15.6. The Bertz CT molecular complexity index is 727. The van der Waals surface area contributed by atoms with Crippen molar-refractivity contribution in [2.45, 2.75) is 105 Å². The third kappa shape index (κ3) is 8.76. The minimum absolute atomic E-state index is 0.918. The van der Waals surface area contributed by atoms with Crippen LogP contribution >= 0.6 is 0 Å². The summed E-state index contributed by atoms with van der Waals surface area (Å²) in [5.41, 5.74) is 2.21. The average Bonchev–Trinajstić information content (AvgIpc) is 3.20. The molecule has 0 bridgehead atoms. The maximum absolute atomic E-state index is 4.70. The van der Waals surface area contributed by atoms with Crippen LogP contribution in [0.3, 0.4) is 0 Å². The normalized spacial score (nSPS) is 11.5. The Morgan fingerprint density at radius 3 is 2.00 bits per heavy atom. The lowest BCUT2D eigenvalue weighted by Gasteiger charge is -2.24. The molecule has 0 saturated carbocycles. The van der Waals surface area contributed by atoms with Crippen LogP contribution in [0.1, 0.15) is 91.9 Å². The first-order chi connectivity index (χ1) is 15.7. The van der Waals surface area contributed by atoms with Gasteiger partial charge in [0.1, 0.15) is 5.69 Å². The third-order valence-electron chi connectivity index (χ3n) is 5.98. The van der Waals surface area contributed by atoms with E-state index in [1.807, 2.05) is 0 Å². The van der Waals surface area contributed by atoms with E-state index in [1.54, 1.807) is 0 Å². The predicted octanol–water partition coefficient (Wildman–Crippen LogP) is 7.98. The first-order valence-corrected chi connectivity index (χ1v) is 13.1. The lowest BCUT2D eigenvalue weighted by Crippen LogP contribution is -2.32. The molecule has 0 radical (unpaired) electrons. The Balaban J connectivity index is 2.13. The highest BCUT2D eigenvalue weighted by Crippen LogP contribution is 2.23. The van der Waals surface area contributed by atoms with Crippen molar-refractivity contribution >= 4 is 17.3 Å². The molecule has 1 aromatic carbocycles. The summed E-state index contributed by atoms with van der Waals surface area (Å²) < 4.78 is 4.52. The molecule has 5 heteroatoms. The first kappa shape index (κ1) is 26.1. The molecule has 0 aliphatic heterocycles. The zero-order valence-electron chi connectivity index (χ0n) is 21.1. The molecule has 0 fully saturated rings. The maximum Gasteiger partial charge on any atom is 0.421 e. The lowest BCUT2D eigenvalue weighted by atomic mass is 10.2. The Morgan fingerprint density at radius 1 is 0.750 bits per heavy atom. The second-order valence-corrected chi connectivity index (χ2v) is 8.81. The van der Waals surface area contributed by atoms with E-state index >= 15 is 0 Å². The molecule has 2 aromatic rings. The number of anilines is 1. The molecule has 0 N–H and O–H groups in total. The van der Waals surface area contributed by atoms with Crippen molar-refractivity contribution in [1.29, 1.82) is 0 Å². The molecule has 0 aliphatic carbocycles. The highest BCUT2D eigenvalue weighted by molar-refractivity contribution is 5.52. The minimum Gasteiger partial charge on any atom is -0.372 e. The SMILES string of the molecule is CCCCCn1cc[n+](CCCCC)c1/N=N/c1ccc(N(CCCC)CCCC)cc1. The van der Waals surface area contributed by atoms with Crippen LogP contribution < -0.4 is 9.47 Å². The van der Waals surface area contributed by atoms with Crippen LogP contribution in [-0.4, -0.2) is 17.7 Å². The van der Waals surface area contributed by atoms with E-state index in [2.05, 4.69) is 83.5 Å². The van der Waals surface area contributed by atoms with Gasteiger partial charge >= 0.3 is 5.95 Å². The average molecular weight is 441 g/mol. The summed E-state index contributed by atoms with van der Waals surface area (Å²) >= 11 is 0. The molecule has 5 nitrogen and oxygen atoms in total. The van der Waals surface area contributed by atoms with E-state index in [4.69, 9.17) is 5.11 Å². The van der Waals surface area contributed by atoms with Gasteiger partial charge in [-0.2, -0.15) is 0 Å². The summed E-state index contributed by atoms with van der Waals surface area (Å²) in [5.74, 6) is 0.966. The van der Waals surface area contributed by atoms with Crippen LogP contribution in [0, 0.1) is 0 Å². The van der Waals surface area contributed by atoms with Gasteiger partial charge in [-0.15, -0.1) is 0 Å². The highest BCUT2D eigenvalue weighted by atomic mass is 15.3. The van der Waals surface area contributed by atoms with Crippen molar-refractivity contribution in [1.82, 2.24) is 4.57 Å². The van der Waals surface area contributed by atoms with Crippen molar-refractivity contribution in [3.8, 4) is 0 Å². The van der Waals surface area contributed by atoms with Gasteiger partial charge < -0.3 is 4.90 Å². The molecular formula is C27H46N5+. The summed E-state index contributed by atoms with van der Waals surface area (Å²) in [4.78, 5) is 2.51. The molecule has 0 aliphatic rings. The Morgan fingerprint density at radius 2 is 1.38 bits per heavy atom. The molecule has 0 spiro atoms. The number of hydrogen-bond acceptors (Lipinski definition) is 3. The van der Waals surface area contributed by atoms with Crippen LogP contribution in [0.25, 0.3) is 0 Å². The standard InChI is InChI=1S/C27H46N5/c1-5-9-13-21-31-23-24-32(22-14-10-6-2)27(31)29-28-25-15-17-26(18-16-25)30(19-11-7-3)20-12-8-4/h15-18,23-24H,5-14,19-22H2,1-4H3/q+1. The van der Waals surface area contributed by atoms with E-state index in [9.17, 15) is 0 Å². The zero-order chi connectivity index (χ0) is 23.0. The van der Waals surface area contributed by atoms with Crippen molar-refractivity contribution in [2.75, 3.05) is 18.0 Å². The monoisotopic (exact) mass is 440 g/mol. The molecule has 0 amide bonds. The fourth-order valence-corrected chi connectivity index (χ4v) is 3.89. The number of hydrogen-bond donors (Lipinski definition) is 0. The van der Waals surface area contributed by atoms with Crippen LogP contribution in [0.2, 0.25) is 0 Å². The number of nitrogens with zero attached hydrogens (tertiary/aromatic N) is 5. The van der Waals surface area contributed by atoms with E-state index in [-0.39, 0.29) is 0 Å². The molecule has 1 heterocycles. The topological polar surface area (TPSA) is 36.8 Å². The van der Waals surface area contributed by atoms with Gasteiger partial charge in [0, 0.05) is 23.9 Å². The number of azo groups is 1. The summed E-state index contributed by atoms with van der Waals surface area (Å²) in [6.45, 7) is 13.3. The van der Waals surface area contributed by atoms with E-state index in [1.165, 1.54) is 69.9 Å². The molecular weight excluding hydrogens is 394 g/mol. The van der Waals surface area contributed by atoms with E-state index in [0.29, 0.717) is 0 Å². The summed E-state index contributed by atoms with van der Waals surface area (Å²) in [6, 6.07) is 8.62. The molecule has 32 heavy (non-hydrogen) atoms. The number of imidazole rings is 1. The highest BCUT2D eigenvalue weighted by Gasteiger charge is 2.17. The number of aryl methyl sites for hydroxylation is 2. The van der Waals surface area contributed by atoms with Crippen LogP contribution in [0.5, 0.6) is 0 Å². The zero-order valence-corrected chi connectivity index (χ0v) is 21.1. The lowest BCUT2D eigenvalue weighted by molar-refractivity contribution is -0.684. The Hall–Kier alpha value is -2.17. The van der Waals surface area contributed by atoms with Gasteiger partial charge in [0.2, 0.25) is 0 Å². The predicted molar refractivity (Wildman–Crippen MR) is 136 cm³/mol. The van der Waals surface area contributed by atoms with Crippen molar-refractivity contribution in [3.63, 3.8) is 0 Å². The Labute approximate surface area is 196 Å². The van der Waals surface area contributed by atoms with Crippen molar-refractivity contribution in [2.24, 2.45) is 10.2 Å². The van der Waals surface area contributed by atoms with Gasteiger partial charge in [0.05, 0.1) is 25.5 Å². The van der Waals surface area contributed by atoms with Gasteiger partial charge in [-0.05, 0) is 49.9 Å². The molecule has 0 atom stereocenters. The summed E-state index contributed by atoms with van der Waals surface area (Å²) in [7, 11) is 0. The van der Waals surface area contributed by atoms with Gasteiger partial charge in [0.25, 0.3) is 0 Å². The fraction of sp³-hybridized carbons (Fsp3) is 0.667. The number of rotatable bonds is 17. The van der Waals surface area contributed by atoms with Gasteiger partial charge in [-0.3, -0.25) is 0 Å². The quantitative estimate of drug-likeness (QED) is 0.139. The number of unbranched alkanes of at least 4 members (excludes halogenated alkanes) is 6. The van der Waals surface area contributed by atoms with Crippen molar-refractivity contribution in [3.05, 3.63) is 36.7 Å². The summed E-state index contributed by atoms with van der Waals surface area (Å²) in [5, 5.41) is 9.32. The van der Waals surface area contributed by atoms with E-state index in [0.717, 1.165) is 37.8 Å². The smallest absolute Gasteiger partial charge is 0.372 e. The van der Waals surface area contributed by atoms with Gasteiger partial charge in [-0.25, -0.2) is 9.13 Å². The molecule has 1 aromatic heterocycles. The van der Waals surface area contributed by atoms with Gasteiger partial charge in [-0.1, -0.05) is 71.3 Å². The third-order valence-corrected chi connectivity index (χ3v) is 5.98. The van der Waals surface area contributed by atoms with Crippen molar-refractivity contribution < 1.29 is 4.57 Å². The first-order valence-electron chi connectivity index (χ1n) is 13.1. The summed E-state index contributed by atoms with van der Waals surface area (Å²) in [6.07, 6.45) is 16.6. The van der Waals surface area contributed by atoms with Gasteiger partial charge in [0.15, 0.2) is 0 Å². The maximum atomic E-state index is 4.70. The molecule has 0 saturated heterocycles. The Kier molecular flexibility index (Phi) is 12.7. The van der Waals surface area contributed by atoms with E-state index < -0.39 is 0 Å². The van der Waals surface area contributed by atoms with Crippen LogP contribution in [0.4, 0.5) is 17.3 Å². The largest absolute Gasteiger partial charge is 0.421 e. The number of aromatic nitrogens is 2. The van der Waals surface area contributed by atoms with Crippen LogP contribution in [0.15, 0.2) is 46.9 Å². The molecule has 178 valence electrons. The molecule has 0 unspecified atom stereocenters. The number of benzene rings is 1. The second-order valence-electron chi connectivity index (χ2n) is 8.81.